The van der Waals surface area contributed by atoms with Gasteiger partial charge in [0, 0.05) is 5.56 Å². The summed E-state index contributed by atoms with van der Waals surface area (Å²) in [5.41, 5.74) is 0.660. The smallest absolute Gasteiger partial charge is 0.241 e. The molecule has 0 aliphatic heterocycles. The van der Waals surface area contributed by atoms with Crippen molar-refractivity contribution in [2.75, 3.05) is 7.11 Å². The number of nitrogens with one attached hydrogen (secondary N) is 1. The maximum atomic E-state index is 11.9. The first-order chi connectivity index (χ1) is 7.79. The van der Waals surface area contributed by atoms with Crippen LogP contribution in [0.5, 0.6) is 5.75 Å². The molecule has 4 nitrogen and oxygen atoms in total. The fraction of sp³-hybridized carbons (Fsp3) is 0.167. The van der Waals surface area contributed by atoms with Crippen LogP contribution in [0, 0.1) is 0 Å². The fourth-order valence-corrected chi connectivity index (χ4v) is 1.47. The normalized spacial score (nSPS) is 10.1. The molecule has 0 atom stereocenters. The number of rotatable bonds is 4. The largest absolute Gasteiger partial charge is 0.497 e. The molecule has 2 rings (SSSR count). The van der Waals surface area contributed by atoms with Crippen LogP contribution in [0.4, 0.5) is 0 Å². The molecule has 0 fully saturated rings. The number of benzene rings is 1. The monoisotopic (exact) mass is 217 g/mol. The fourth-order valence-electron chi connectivity index (χ4n) is 1.47. The molecule has 2 aromatic rings. The van der Waals surface area contributed by atoms with E-state index in [1.54, 1.807) is 36.3 Å². The van der Waals surface area contributed by atoms with Crippen molar-refractivity contribution in [3.05, 3.63) is 48.5 Å². The van der Waals surface area contributed by atoms with Gasteiger partial charge in [0.2, 0.25) is 12.1 Å². The van der Waals surface area contributed by atoms with E-state index >= 15 is 0 Å². The summed E-state index contributed by atoms with van der Waals surface area (Å²) < 4.78 is 6.87. The Kier molecular flexibility index (Phi) is 3.00. The Balaban J connectivity index is 2.14. The minimum atomic E-state index is 0.0588. The molecule has 0 aliphatic rings. The van der Waals surface area contributed by atoms with Gasteiger partial charge in [-0.05, 0) is 12.1 Å². The van der Waals surface area contributed by atoms with Gasteiger partial charge in [0.15, 0.2) is 6.54 Å². The number of carbonyl (C=O) groups excluding carboxylic acids is 1. The number of carbonyl (C=O) groups is 1. The quantitative estimate of drug-likeness (QED) is 0.617. The molecular weight excluding hydrogens is 204 g/mol. The summed E-state index contributed by atoms with van der Waals surface area (Å²) in [7, 11) is 1.59. The highest BCUT2D eigenvalue weighted by Gasteiger charge is 2.10. The number of imidazole rings is 1. The molecule has 0 unspecified atom stereocenters. The molecule has 0 aliphatic carbocycles. The van der Waals surface area contributed by atoms with Crippen LogP contribution >= 0.6 is 0 Å². The number of aromatic amines is 1. The zero-order valence-electron chi connectivity index (χ0n) is 9.01. The highest BCUT2D eigenvalue weighted by atomic mass is 16.5. The molecule has 0 saturated carbocycles. The van der Waals surface area contributed by atoms with E-state index in [0.29, 0.717) is 17.9 Å². The average molecular weight is 217 g/mol. The summed E-state index contributed by atoms with van der Waals surface area (Å²) in [6.45, 7) is 0.330. The summed E-state index contributed by atoms with van der Waals surface area (Å²) in [6, 6.07) is 7.17. The standard InChI is InChI=1S/C12H12N2O2/c1-16-11-4-2-3-10(7-11)12(15)8-14-6-5-13-9-14/h2-7,9H,8H2,1H3/p+1. The van der Waals surface area contributed by atoms with Crippen LogP contribution in [-0.4, -0.2) is 17.9 Å². The zero-order valence-corrected chi connectivity index (χ0v) is 9.01. The first-order valence-electron chi connectivity index (χ1n) is 4.98. The van der Waals surface area contributed by atoms with Crippen LogP contribution in [0.3, 0.4) is 0 Å². The number of aromatic nitrogens is 2. The van der Waals surface area contributed by atoms with Gasteiger partial charge in [-0.25, -0.2) is 4.57 Å². The van der Waals surface area contributed by atoms with Crippen molar-refractivity contribution < 1.29 is 14.1 Å². The van der Waals surface area contributed by atoms with Crippen molar-refractivity contribution in [3.8, 4) is 5.75 Å². The summed E-state index contributed by atoms with van der Waals surface area (Å²) in [4.78, 5) is 14.8. The van der Waals surface area contributed by atoms with Gasteiger partial charge in [0.25, 0.3) is 0 Å². The highest BCUT2D eigenvalue weighted by molar-refractivity contribution is 5.95. The predicted molar refractivity (Wildman–Crippen MR) is 58.3 cm³/mol. The van der Waals surface area contributed by atoms with E-state index in [4.69, 9.17) is 4.74 Å². The second-order valence-electron chi connectivity index (χ2n) is 3.44. The van der Waals surface area contributed by atoms with Gasteiger partial charge in [-0.2, -0.15) is 0 Å². The molecule has 1 aromatic heterocycles. The lowest BCUT2D eigenvalue weighted by molar-refractivity contribution is -0.681. The number of methoxy groups -OCH3 is 1. The lowest BCUT2D eigenvalue weighted by Gasteiger charge is -2.02. The van der Waals surface area contributed by atoms with E-state index in [9.17, 15) is 4.79 Å². The third kappa shape index (κ3) is 2.28. The topological polar surface area (TPSA) is 46.0 Å². The van der Waals surface area contributed by atoms with Gasteiger partial charge in [-0.1, -0.05) is 12.1 Å². The van der Waals surface area contributed by atoms with Gasteiger partial charge >= 0.3 is 0 Å². The molecule has 0 radical (unpaired) electrons. The molecule has 1 N–H and O–H groups in total. The van der Waals surface area contributed by atoms with Gasteiger partial charge < -0.3 is 4.74 Å². The Morgan fingerprint density at radius 3 is 3.06 bits per heavy atom. The first-order valence-corrected chi connectivity index (χ1v) is 4.98. The third-order valence-electron chi connectivity index (χ3n) is 2.32. The lowest BCUT2D eigenvalue weighted by atomic mass is 10.1. The molecule has 16 heavy (non-hydrogen) atoms. The van der Waals surface area contributed by atoms with E-state index < -0.39 is 0 Å². The Bertz CT molecular complexity index is 478. The summed E-state index contributed by atoms with van der Waals surface area (Å²) in [5, 5.41) is 0. The molecule has 0 saturated heterocycles. The second-order valence-corrected chi connectivity index (χ2v) is 3.44. The van der Waals surface area contributed by atoms with E-state index in [1.807, 2.05) is 18.3 Å². The van der Waals surface area contributed by atoms with E-state index in [0.717, 1.165) is 0 Å². The Morgan fingerprint density at radius 1 is 1.50 bits per heavy atom. The maximum absolute atomic E-state index is 11.9. The first kappa shape index (κ1) is 10.4. The molecule has 1 heterocycles. The van der Waals surface area contributed by atoms with Crippen LogP contribution in [0.15, 0.2) is 43.0 Å². The SMILES string of the molecule is COc1cccc(C(=O)C[n+]2cc[nH]c2)c1. The highest BCUT2D eigenvalue weighted by Crippen LogP contribution is 2.12. The van der Waals surface area contributed by atoms with E-state index in [-0.39, 0.29) is 5.78 Å². The summed E-state index contributed by atoms with van der Waals surface area (Å²) in [6.07, 6.45) is 5.34. The third-order valence-corrected chi connectivity index (χ3v) is 2.32. The van der Waals surface area contributed by atoms with Gasteiger partial charge in [-0.15, -0.1) is 0 Å². The zero-order chi connectivity index (χ0) is 11.4. The van der Waals surface area contributed by atoms with Crippen molar-refractivity contribution in [1.29, 1.82) is 0 Å². The van der Waals surface area contributed by atoms with Crippen LogP contribution in [0.25, 0.3) is 0 Å². The minimum absolute atomic E-state index is 0.0588. The van der Waals surface area contributed by atoms with Crippen molar-refractivity contribution in [2.24, 2.45) is 0 Å². The number of hydrogen-bond donors (Lipinski definition) is 1. The Labute approximate surface area is 93.5 Å². The van der Waals surface area contributed by atoms with Crippen molar-refractivity contribution >= 4 is 5.78 Å². The molecular formula is C12H13N2O2+. The summed E-state index contributed by atoms with van der Waals surface area (Å²) in [5.74, 6) is 0.758. The van der Waals surface area contributed by atoms with E-state index in [1.165, 1.54) is 0 Å². The minimum Gasteiger partial charge on any atom is -0.497 e. The number of ketones is 1. The van der Waals surface area contributed by atoms with Gasteiger partial charge in [0.05, 0.1) is 7.11 Å². The Morgan fingerprint density at radius 2 is 2.38 bits per heavy atom. The van der Waals surface area contributed by atoms with Crippen LogP contribution in [0.2, 0.25) is 0 Å². The second kappa shape index (κ2) is 4.61. The van der Waals surface area contributed by atoms with E-state index in [2.05, 4.69) is 4.98 Å². The van der Waals surface area contributed by atoms with Crippen LogP contribution < -0.4 is 9.30 Å². The summed E-state index contributed by atoms with van der Waals surface area (Å²) >= 11 is 0. The molecule has 1 aromatic carbocycles. The van der Waals surface area contributed by atoms with Crippen molar-refractivity contribution in [2.45, 2.75) is 6.54 Å². The maximum Gasteiger partial charge on any atom is 0.241 e. The van der Waals surface area contributed by atoms with Gasteiger partial charge in [-0.3, -0.25) is 9.78 Å². The number of nitrogens with zero attached hydrogens (tertiary/aromatic N) is 1. The van der Waals surface area contributed by atoms with Crippen LogP contribution in [0.1, 0.15) is 10.4 Å². The van der Waals surface area contributed by atoms with Crippen molar-refractivity contribution in [3.63, 3.8) is 0 Å². The Hall–Kier alpha value is -2.10. The van der Waals surface area contributed by atoms with Crippen molar-refractivity contribution in [1.82, 2.24) is 4.98 Å². The molecule has 0 bridgehead atoms. The molecule has 0 spiro atoms. The lowest BCUT2D eigenvalue weighted by Crippen LogP contribution is -2.35. The average Bonchev–Trinajstić information content (AvgIpc) is 2.82. The molecule has 0 amide bonds. The molecule has 4 heteroatoms. The number of H-pyrrole nitrogens is 1. The van der Waals surface area contributed by atoms with Gasteiger partial charge in [0.1, 0.15) is 18.1 Å². The number of hydrogen-bond acceptors (Lipinski definition) is 2. The molecule has 82 valence electrons. The number of Topliss-reactive ketones (excluding diaryl/α,β-unsaturated/α-hetero) is 1. The van der Waals surface area contributed by atoms with Crippen LogP contribution in [-0.2, 0) is 6.54 Å². The predicted octanol–water partition coefficient (Wildman–Crippen LogP) is 1.19. The number of ether oxygens (including phenoxy) is 1.